The normalized spacial score (nSPS) is 16.9. The first-order chi connectivity index (χ1) is 19.9. The van der Waals surface area contributed by atoms with Crippen molar-refractivity contribution in [3.8, 4) is 0 Å². The Morgan fingerprint density at radius 2 is 1.54 bits per heavy atom. The van der Waals surface area contributed by atoms with Crippen LogP contribution in [-0.4, -0.2) is 52.6 Å². The lowest BCUT2D eigenvalue weighted by Gasteiger charge is -2.35. The van der Waals surface area contributed by atoms with Gasteiger partial charge >= 0.3 is 0 Å². The minimum atomic E-state index is 0.0444. The van der Waals surface area contributed by atoms with Crippen molar-refractivity contribution in [3.05, 3.63) is 118 Å². The molecule has 1 fully saturated rings. The first kappa shape index (κ1) is 29.1. The van der Waals surface area contributed by atoms with E-state index in [1.807, 2.05) is 61.2 Å². The Balaban J connectivity index is 1.26. The Morgan fingerprint density at radius 3 is 2.20 bits per heavy atom. The molecule has 8 heteroatoms. The number of carbonyl (C=O) groups excluding carboxylic acids is 1. The van der Waals surface area contributed by atoms with Gasteiger partial charge in [-0.05, 0) is 49.1 Å². The lowest BCUT2D eigenvalue weighted by molar-refractivity contribution is -0.0586. The fourth-order valence-electron chi connectivity index (χ4n) is 5.02. The van der Waals surface area contributed by atoms with Gasteiger partial charge in [0.1, 0.15) is 11.0 Å². The zero-order chi connectivity index (χ0) is 28.6. The predicted molar refractivity (Wildman–Crippen MR) is 167 cm³/mol. The summed E-state index contributed by atoms with van der Waals surface area (Å²) in [6, 6.07) is 30.5. The summed E-state index contributed by atoms with van der Waals surface area (Å²) in [5.74, 6) is 1.52. The molecule has 4 aromatic rings. The molecule has 3 aromatic carbocycles. The maximum atomic E-state index is 13.0. The van der Waals surface area contributed by atoms with E-state index in [1.54, 1.807) is 0 Å². The Kier molecular flexibility index (Phi) is 9.93. The number of thioether (sulfide) groups is 1. The monoisotopic (exact) mass is 586 g/mol. The maximum absolute atomic E-state index is 13.0. The second kappa shape index (κ2) is 14.0. The van der Waals surface area contributed by atoms with E-state index in [4.69, 9.17) is 21.3 Å². The van der Waals surface area contributed by atoms with Crippen molar-refractivity contribution >= 4 is 35.1 Å². The van der Waals surface area contributed by atoms with Crippen molar-refractivity contribution in [2.45, 2.75) is 49.9 Å². The van der Waals surface area contributed by atoms with E-state index in [0.717, 1.165) is 30.9 Å². The number of benzene rings is 3. The standard InChI is InChI=1S/C33H35ClN4O2S/c1-24-20-38(21-25(2)40-24)32(39)29-15-13-28(14-16-29)23-41-33-35-30(34)19-31(36-33)37(22-27-11-7-4-8-12-27)18-17-26-9-5-3-6-10-26/h3-16,19,24-25H,17-18,20-23H2,1-2H3. The van der Waals surface area contributed by atoms with Crippen LogP contribution in [0.15, 0.2) is 96.2 Å². The number of rotatable bonds is 10. The molecule has 2 heterocycles. The second-order valence-corrected chi connectivity index (χ2v) is 11.8. The zero-order valence-electron chi connectivity index (χ0n) is 23.4. The molecule has 5 rings (SSSR count). The van der Waals surface area contributed by atoms with Crippen molar-refractivity contribution in [2.75, 3.05) is 24.5 Å². The van der Waals surface area contributed by atoms with Crippen molar-refractivity contribution < 1.29 is 9.53 Å². The Hall–Kier alpha value is -3.39. The van der Waals surface area contributed by atoms with Crippen molar-refractivity contribution in [2.24, 2.45) is 0 Å². The largest absolute Gasteiger partial charge is 0.372 e. The smallest absolute Gasteiger partial charge is 0.254 e. The van der Waals surface area contributed by atoms with Crippen molar-refractivity contribution in [1.82, 2.24) is 14.9 Å². The highest BCUT2D eigenvalue weighted by Gasteiger charge is 2.26. The molecule has 0 saturated carbocycles. The number of carbonyl (C=O) groups is 1. The van der Waals surface area contributed by atoms with Crippen LogP contribution >= 0.6 is 23.4 Å². The van der Waals surface area contributed by atoms with Gasteiger partial charge in [0.25, 0.3) is 5.91 Å². The van der Waals surface area contributed by atoms with Crippen LogP contribution in [0.5, 0.6) is 0 Å². The van der Waals surface area contributed by atoms with E-state index >= 15 is 0 Å². The quantitative estimate of drug-likeness (QED) is 0.114. The third-order valence-electron chi connectivity index (χ3n) is 6.99. The lowest BCUT2D eigenvalue weighted by Crippen LogP contribution is -2.48. The summed E-state index contributed by atoms with van der Waals surface area (Å²) in [5.41, 5.74) is 4.27. The van der Waals surface area contributed by atoms with E-state index in [9.17, 15) is 4.79 Å². The van der Waals surface area contributed by atoms with Crippen LogP contribution in [0.25, 0.3) is 0 Å². The molecule has 0 spiro atoms. The fourth-order valence-corrected chi connectivity index (χ4v) is 6.05. The zero-order valence-corrected chi connectivity index (χ0v) is 25.0. The van der Waals surface area contributed by atoms with Crippen LogP contribution in [0.3, 0.4) is 0 Å². The number of hydrogen-bond donors (Lipinski definition) is 0. The predicted octanol–water partition coefficient (Wildman–Crippen LogP) is 6.92. The van der Waals surface area contributed by atoms with Crippen LogP contribution in [0, 0.1) is 0 Å². The molecule has 1 aliphatic rings. The molecular weight excluding hydrogens is 552 g/mol. The average Bonchev–Trinajstić information content (AvgIpc) is 2.98. The summed E-state index contributed by atoms with van der Waals surface area (Å²) in [7, 11) is 0. The van der Waals surface area contributed by atoms with Gasteiger partial charge in [0.2, 0.25) is 0 Å². The van der Waals surface area contributed by atoms with Gasteiger partial charge in [0.15, 0.2) is 5.16 Å². The van der Waals surface area contributed by atoms with Gasteiger partial charge in [-0.25, -0.2) is 9.97 Å². The number of halogens is 1. The molecule has 0 N–H and O–H groups in total. The summed E-state index contributed by atoms with van der Waals surface area (Å²) in [6.07, 6.45) is 0.983. The topological polar surface area (TPSA) is 58.6 Å². The highest BCUT2D eigenvalue weighted by atomic mass is 35.5. The van der Waals surface area contributed by atoms with Gasteiger partial charge in [0, 0.05) is 43.6 Å². The first-order valence-corrected chi connectivity index (χ1v) is 15.3. The minimum Gasteiger partial charge on any atom is -0.372 e. The maximum Gasteiger partial charge on any atom is 0.254 e. The number of amides is 1. The lowest BCUT2D eigenvalue weighted by atomic mass is 10.1. The van der Waals surface area contributed by atoms with Gasteiger partial charge in [0.05, 0.1) is 12.2 Å². The average molecular weight is 587 g/mol. The van der Waals surface area contributed by atoms with Gasteiger partial charge in [-0.1, -0.05) is 96.2 Å². The molecule has 212 valence electrons. The van der Waals surface area contributed by atoms with Crippen LogP contribution < -0.4 is 4.90 Å². The van der Waals surface area contributed by atoms with E-state index in [1.165, 1.54) is 22.9 Å². The molecule has 0 bridgehead atoms. The molecular formula is C33H35ClN4O2S. The third kappa shape index (κ3) is 8.32. The highest BCUT2D eigenvalue weighted by Crippen LogP contribution is 2.26. The summed E-state index contributed by atoms with van der Waals surface area (Å²) in [4.78, 5) is 26.6. The van der Waals surface area contributed by atoms with Crippen LogP contribution in [-0.2, 0) is 23.5 Å². The Labute approximate surface area is 251 Å². The summed E-state index contributed by atoms with van der Waals surface area (Å²) < 4.78 is 5.77. The molecule has 0 aliphatic carbocycles. The molecule has 1 aromatic heterocycles. The number of ether oxygens (including phenoxy) is 1. The Bertz CT molecular complexity index is 1410. The molecule has 1 amide bonds. The van der Waals surface area contributed by atoms with E-state index in [0.29, 0.717) is 34.7 Å². The van der Waals surface area contributed by atoms with Gasteiger partial charge < -0.3 is 14.5 Å². The molecule has 6 nitrogen and oxygen atoms in total. The number of anilines is 1. The summed E-state index contributed by atoms with van der Waals surface area (Å²) >= 11 is 8.04. The van der Waals surface area contributed by atoms with E-state index in [2.05, 4.69) is 58.4 Å². The first-order valence-electron chi connectivity index (χ1n) is 14.0. The molecule has 41 heavy (non-hydrogen) atoms. The minimum absolute atomic E-state index is 0.0444. The molecule has 0 radical (unpaired) electrons. The van der Waals surface area contributed by atoms with Gasteiger partial charge in [-0.2, -0.15) is 0 Å². The number of nitrogens with zero attached hydrogens (tertiary/aromatic N) is 4. The second-order valence-electron chi connectivity index (χ2n) is 10.4. The van der Waals surface area contributed by atoms with Crippen LogP contribution in [0.4, 0.5) is 5.82 Å². The summed E-state index contributed by atoms with van der Waals surface area (Å²) in [6.45, 7) is 6.76. The Morgan fingerprint density at radius 1 is 0.902 bits per heavy atom. The van der Waals surface area contributed by atoms with Crippen molar-refractivity contribution in [3.63, 3.8) is 0 Å². The molecule has 2 unspecified atom stereocenters. The molecule has 2 atom stereocenters. The van der Waals surface area contributed by atoms with Gasteiger partial charge in [-0.15, -0.1) is 0 Å². The summed E-state index contributed by atoms with van der Waals surface area (Å²) in [5, 5.41) is 1.05. The number of hydrogen-bond acceptors (Lipinski definition) is 6. The van der Waals surface area contributed by atoms with Crippen LogP contribution in [0.1, 0.15) is 40.9 Å². The number of morpholine rings is 1. The van der Waals surface area contributed by atoms with Crippen LogP contribution in [0.2, 0.25) is 5.15 Å². The number of aromatic nitrogens is 2. The molecule has 1 aliphatic heterocycles. The third-order valence-corrected chi connectivity index (χ3v) is 8.10. The van der Waals surface area contributed by atoms with E-state index in [-0.39, 0.29) is 18.1 Å². The SMILES string of the molecule is CC1CN(C(=O)c2ccc(CSc3nc(Cl)cc(N(CCc4ccccc4)Cc4ccccc4)n3)cc2)CC(C)O1. The van der Waals surface area contributed by atoms with Crippen molar-refractivity contribution in [1.29, 1.82) is 0 Å². The fraction of sp³-hybridized carbons (Fsp3) is 0.303. The highest BCUT2D eigenvalue weighted by molar-refractivity contribution is 7.98. The van der Waals surface area contributed by atoms with E-state index < -0.39 is 0 Å². The molecule has 1 saturated heterocycles. The van der Waals surface area contributed by atoms with Gasteiger partial charge in [-0.3, -0.25) is 4.79 Å².